The number of nitrogens with zero attached hydrogens (tertiary/aromatic N) is 2. The van der Waals surface area contributed by atoms with Crippen LogP contribution in [0.4, 0.5) is 5.69 Å². The number of anilines is 1. The third-order valence-electron chi connectivity index (χ3n) is 3.62. The molecule has 1 aromatic carbocycles. The van der Waals surface area contributed by atoms with Crippen molar-refractivity contribution in [2.75, 3.05) is 5.32 Å². The van der Waals surface area contributed by atoms with E-state index >= 15 is 0 Å². The molecule has 0 saturated carbocycles. The molecule has 0 saturated heterocycles. The zero-order chi connectivity index (χ0) is 17.6. The number of allylic oxidation sites excluding steroid dienone is 1. The van der Waals surface area contributed by atoms with Crippen molar-refractivity contribution in [1.29, 1.82) is 5.41 Å². The number of amides is 1. The molecule has 7 heteroatoms. The second-order valence-corrected chi connectivity index (χ2v) is 5.16. The van der Waals surface area contributed by atoms with Crippen LogP contribution in [0.1, 0.15) is 11.1 Å². The number of benzene rings is 1. The summed E-state index contributed by atoms with van der Waals surface area (Å²) in [6, 6.07) is 7.25. The van der Waals surface area contributed by atoms with E-state index in [0.717, 1.165) is 17.3 Å². The lowest BCUT2D eigenvalue weighted by Crippen LogP contribution is -2.08. The third kappa shape index (κ3) is 3.45. The van der Waals surface area contributed by atoms with Crippen molar-refractivity contribution in [2.45, 2.75) is 0 Å². The smallest absolute Gasteiger partial charge is 0.248 e. The molecule has 0 bridgehead atoms. The molecular formula is C18H16N6O. The Labute approximate surface area is 143 Å². The number of rotatable bonds is 5. The van der Waals surface area contributed by atoms with E-state index < -0.39 is 0 Å². The van der Waals surface area contributed by atoms with Crippen molar-refractivity contribution in [3.05, 3.63) is 66.4 Å². The van der Waals surface area contributed by atoms with Gasteiger partial charge < -0.3 is 21.4 Å². The zero-order valence-electron chi connectivity index (χ0n) is 13.2. The van der Waals surface area contributed by atoms with Crippen LogP contribution in [0, 0.1) is 5.41 Å². The zero-order valence-corrected chi connectivity index (χ0v) is 13.2. The monoisotopic (exact) mass is 332 g/mol. The van der Waals surface area contributed by atoms with Gasteiger partial charge in [-0.25, -0.2) is 4.98 Å². The Kier molecular flexibility index (Phi) is 4.66. The standard InChI is InChI=1S/C18H16N6O/c19-8-13(9-20)14-6-7-21-10-12(14)4-5-17(25)24-16-3-1-2-15-18(16)23-11-22-15/h1-11,19H,20H2,(H,22,23)(H,24,25)/b5-4+,13-9+,19-8?. The van der Waals surface area contributed by atoms with Crippen LogP contribution in [0.25, 0.3) is 22.7 Å². The normalized spacial score (nSPS) is 11.8. The predicted octanol–water partition coefficient (Wildman–Crippen LogP) is 2.56. The summed E-state index contributed by atoms with van der Waals surface area (Å²) >= 11 is 0. The molecule has 1 amide bonds. The molecule has 7 nitrogen and oxygen atoms in total. The summed E-state index contributed by atoms with van der Waals surface area (Å²) in [5.74, 6) is -0.293. The van der Waals surface area contributed by atoms with Gasteiger partial charge in [-0.1, -0.05) is 6.07 Å². The molecule has 0 unspecified atom stereocenters. The molecule has 2 heterocycles. The molecule has 0 radical (unpaired) electrons. The fourth-order valence-corrected chi connectivity index (χ4v) is 2.42. The Hall–Kier alpha value is -3.74. The number of carbonyl (C=O) groups excluding carboxylic acids is 1. The second kappa shape index (κ2) is 7.22. The van der Waals surface area contributed by atoms with Gasteiger partial charge >= 0.3 is 0 Å². The first-order chi connectivity index (χ1) is 12.2. The van der Waals surface area contributed by atoms with Crippen LogP contribution in [-0.4, -0.2) is 27.1 Å². The number of imidazole rings is 1. The van der Waals surface area contributed by atoms with Crippen molar-refractivity contribution < 1.29 is 4.79 Å². The summed E-state index contributed by atoms with van der Waals surface area (Å²) in [5, 5.41) is 10.2. The first kappa shape index (κ1) is 16.1. The molecular weight excluding hydrogens is 316 g/mol. The minimum absolute atomic E-state index is 0.293. The number of pyridine rings is 1. The number of H-pyrrole nitrogens is 1. The topological polar surface area (TPSA) is 121 Å². The number of aromatic nitrogens is 3. The van der Waals surface area contributed by atoms with Gasteiger partial charge in [0.15, 0.2) is 0 Å². The van der Waals surface area contributed by atoms with Gasteiger partial charge in [0.1, 0.15) is 5.52 Å². The Bertz CT molecular complexity index is 986. The molecule has 0 fully saturated rings. The average Bonchev–Trinajstić information content (AvgIpc) is 3.12. The van der Waals surface area contributed by atoms with Gasteiger partial charge in [-0.15, -0.1) is 0 Å². The Morgan fingerprint density at radius 1 is 1.32 bits per heavy atom. The molecule has 0 aliphatic rings. The summed E-state index contributed by atoms with van der Waals surface area (Å²) in [6.07, 6.45) is 10.3. The number of nitrogens with one attached hydrogen (secondary N) is 3. The predicted molar refractivity (Wildman–Crippen MR) is 98.9 cm³/mol. The van der Waals surface area contributed by atoms with E-state index in [9.17, 15) is 4.79 Å². The maximum Gasteiger partial charge on any atom is 0.248 e. The van der Waals surface area contributed by atoms with Crippen LogP contribution in [0.15, 0.2) is 55.3 Å². The van der Waals surface area contributed by atoms with E-state index in [1.807, 2.05) is 12.1 Å². The highest BCUT2D eigenvalue weighted by molar-refractivity contribution is 6.10. The number of aromatic amines is 1. The maximum absolute atomic E-state index is 12.2. The highest BCUT2D eigenvalue weighted by Crippen LogP contribution is 2.20. The molecule has 3 aromatic rings. The van der Waals surface area contributed by atoms with E-state index in [4.69, 9.17) is 11.1 Å². The quantitative estimate of drug-likeness (QED) is 0.424. The summed E-state index contributed by atoms with van der Waals surface area (Å²) < 4.78 is 0. The highest BCUT2D eigenvalue weighted by atomic mass is 16.1. The Balaban J connectivity index is 1.82. The van der Waals surface area contributed by atoms with Gasteiger partial charge in [0.2, 0.25) is 5.91 Å². The largest absolute Gasteiger partial charge is 0.404 e. The van der Waals surface area contributed by atoms with E-state index in [-0.39, 0.29) is 5.91 Å². The summed E-state index contributed by atoms with van der Waals surface area (Å²) in [5.41, 5.74) is 9.67. The SMILES string of the molecule is N=C/C(=C\N)c1ccncc1/C=C/C(=O)Nc1cccc2[nH]cnc12. The average molecular weight is 332 g/mol. The fraction of sp³-hybridized carbons (Fsp3) is 0. The Morgan fingerprint density at radius 2 is 2.20 bits per heavy atom. The minimum atomic E-state index is -0.293. The van der Waals surface area contributed by atoms with E-state index in [2.05, 4.69) is 20.3 Å². The van der Waals surface area contributed by atoms with Crippen LogP contribution in [0.5, 0.6) is 0 Å². The van der Waals surface area contributed by atoms with Crippen molar-refractivity contribution in [1.82, 2.24) is 15.0 Å². The van der Waals surface area contributed by atoms with Gasteiger partial charge in [0, 0.05) is 42.0 Å². The summed E-state index contributed by atoms with van der Waals surface area (Å²) in [6.45, 7) is 0. The Morgan fingerprint density at radius 3 is 3.00 bits per heavy atom. The van der Waals surface area contributed by atoms with Crippen LogP contribution >= 0.6 is 0 Å². The third-order valence-corrected chi connectivity index (χ3v) is 3.62. The molecule has 0 aliphatic carbocycles. The van der Waals surface area contributed by atoms with Gasteiger partial charge in [-0.2, -0.15) is 0 Å². The van der Waals surface area contributed by atoms with Crippen molar-refractivity contribution >= 4 is 40.5 Å². The molecule has 0 aliphatic heterocycles. The van der Waals surface area contributed by atoms with Crippen molar-refractivity contribution in [3.63, 3.8) is 0 Å². The molecule has 25 heavy (non-hydrogen) atoms. The highest BCUT2D eigenvalue weighted by Gasteiger charge is 2.07. The summed E-state index contributed by atoms with van der Waals surface area (Å²) in [4.78, 5) is 23.5. The van der Waals surface area contributed by atoms with Crippen molar-refractivity contribution in [2.24, 2.45) is 5.73 Å². The van der Waals surface area contributed by atoms with Gasteiger partial charge in [0.05, 0.1) is 17.5 Å². The van der Waals surface area contributed by atoms with Gasteiger partial charge in [-0.05, 0) is 29.8 Å². The van der Waals surface area contributed by atoms with Gasteiger partial charge in [-0.3, -0.25) is 9.78 Å². The lowest BCUT2D eigenvalue weighted by Gasteiger charge is -2.05. The molecule has 5 N–H and O–H groups in total. The fourth-order valence-electron chi connectivity index (χ4n) is 2.42. The van der Waals surface area contributed by atoms with Crippen molar-refractivity contribution in [3.8, 4) is 0 Å². The van der Waals surface area contributed by atoms with Gasteiger partial charge in [0.25, 0.3) is 0 Å². The number of fused-ring (bicyclic) bond motifs is 1. The first-order valence-corrected chi connectivity index (χ1v) is 7.51. The number of hydrogen-bond acceptors (Lipinski definition) is 5. The van der Waals surface area contributed by atoms with E-state index in [1.165, 1.54) is 12.3 Å². The minimum Gasteiger partial charge on any atom is -0.404 e. The lowest BCUT2D eigenvalue weighted by atomic mass is 10.0. The van der Waals surface area contributed by atoms with Crippen LogP contribution in [0.2, 0.25) is 0 Å². The number of nitrogens with two attached hydrogens (primary N) is 1. The van der Waals surface area contributed by atoms with E-state index in [1.54, 1.807) is 36.9 Å². The molecule has 3 rings (SSSR count). The van der Waals surface area contributed by atoms with E-state index in [0.29, 0.717) is 22.3 Å². The molecule has 0 atom stereocenters. The number of para-hydroxylation sites is 1. The molecule has 2 aromatic heterocycles. The maximum atomic E-state index is 12.2. The summed E-state index contributed by atoms with van der Waals surface area (Å²) in [7, 11) is 0. The second-order valence-electron chi connectivity index (χ2n) is 5.16. The van der Waals surface area contributed by atoms with Crippen LogP contribution < -0.4 is 11.1 Å². The van der Waals surface area contributed by atoms with Crippen LogP contribution in [0.3, 0.4) is 0 Å². The van der Waals surface area contributed by atoms with Crippen LogP contribution in [-0.2, 0) is 4.79 Å². The number of hydrogen-bond donors (Lipinski definition) is 4. The first-order valence-electron chi connectivity index (χ1n) is 7.51. The lowest BCUT2D eigenvalue weighted by molar-refractivity contribution is -0.111. The molecule has 124 valence electrons. The molecule has 0 spiro atoms. The number of carbonyl (C=O) groups is 1.